The Labute approximate surface area is 125 Å². The van der Waals surface area contributed by atoms with Crippen molar-refractivity contribution in [1.82, 2.24) is 5.32 Å². The monoisotopic (exact) mass is 287 g/mol. The summed E-state index contributed by atoms with van der Waals surface area (Å²) < 4.78 is 5.25. The van der Waals surface area contributed by atoms with Gasteiger partial charge in [-0.05, 0) is 43.0 Å². The van der Waals surface area contributed by atoms with E-state index in [2.05, 4.69) is 11.2 Å². The molecular formula is C17H21NO3. The van der Waals surface area contributed by atoms with Gasteiger partial charge >= 0.3 is 0 Å². The van der Waals surface area contributed by atoms with Crippen LogP contribution >= 0.6 is 0 Å². The summed E-state index contributed by atoms with van der Waals surface area (Å²) in [4.78, 5) is 12.0. The van der Waals surface area contributed by atoms with Gasteiger partial charge in [0.25, 0.3) is 5.91 Å². The number of terminal acetylenes is 1. The van der Waals surface area contributed by atoms with Crippen molar-refractivity contribution in [3.05, 3.63) is 29.8 Å². The van der Waals surface area contributed by atoms with Crippen LogP contribution in [-0.2, 0) is 0 Å². The number of hydrogen-bond donors (Lipinski definition) is 2. The summed E-state index contributed by atoms with van der Waals surface area (Å²) in [5.41, 5.74) is 0.543. The van der Waals surface area contributed by atoms with Crippen LogP contribution in [0.4, 0.5) is 0 Å². The molecule has 0 bridgehead atoms. The molecule has 4 heteroatoms. The predicted octanol–water partition coefficient (Wildman–Crippen LogP) is 1.98. The number of nitrogens with one attached hydrogen (secondary N) is 1. The first kappa shape index (κ1) is 15.4. The normalized spacial score (nSPS) is 16.2. The average Bonchev–Trinajstić information content (AvgIpc) is 3.05. The topological polar surface area (TPSA) is 58.6 Å². The molecule has 1 fully saturated rings. The third-order valence-electron chi connectivity index (χ3n) is 3.85. The number of carbonyl (C=O) groups excluding carboxylic acids is 1. The van der Waals surface area contributed by atoms with Crippen molar-refractivity contribution in [2.75, 3.05) is 13.2 Å². The van der Waals surface area contributed by atoms with Crippen LogP contribution in [0.1, 0.15) is 36.0 Å². The molecule has 1 amide bonds. The van der Waals surface area contributed by atoms with Gasteiger partial charge in [-0.2, -0.15) is 0 Å². The van der Waals surface area contributed by atoms with Gasteiger partial charge in [0.15, 0.2) is 0 Å². The fourth-order valence-electron chi connectivity index (χ4n) is 2.64. The van der Waals surface area contributed by atoms with Gasteiger partial charge in [0.1, 0.15) is 12.4 Å². The molecule has 1 aliphatic rings. The maximum Gasteiger partial charge on any atom is 0.251 e. The zero-order valence-electron chi connectivity index (χ0n) is 12.0. The van der Waals surface area contributed by atoms with E-state index in [4.69, 9.17) is 11.2 Å². The maximum absolute atomic E-state index is 12.0. The zero-order chi connectivity index (χ0) is 15.1. The van der Waals surface area contributed by atoms with Crippen LogP contribution in [0, 0.1) is 18.3 Å². The van der Waals surface area contributed by atoms with Crippen LogP contribution < -0.4 is 10.1 Å². The molecule has 0 saturated heterocycles. The summed E-state index contributed by atoms with van der Waals surface area (Å²) in [5.74, 6) is 3.16. The number of amides is 1. The second-order valence-electron chi connectivity index (χ2n) is 5.34. The summed E-state index contributed by atoms with van der Waals surface area (Å²) in [6, 6.07) is 6.78. The Balaban J connectivity index is 1.81. The SMILES string of the molecule is C#CCOc1ccc(C(=O)NC[C@H](O)C2CCCC2)cc1. The lowest BCUT2D eigenvalue weighted by Crippen LogP contribution is -2.35. The van der Waals surface area contributed by atoms with Crippen LogP contribution in [0.2, 0.25) is 0 Å². The molecule has 2 N–H and O–H groups in total. The minimum atomic E-state index is -0.449. The zero-order valence-corrected chi connectivity index (χ0v) is 12.0. The fraction of sp³-hybridized carbons (Fsp3) is 0.471. The Morgan fingerprint density at radius 1 is 1.38 bits per heavy atom. The molecule has 0 aliphatic heterocycles. The largest absolute Gasteiger partial charge is 0.481 e. The van der Waals surface area contributed by atoms with E-state index in [-0.39, 0.29) is 12.5 Å². The molecule has 1 saturated carbocycles. The molecule has 1 atom stereocenters. The molecule has 21 heavy (non-hydrogen) atoms. The minimum Gasteiger partial charge on any atom is -0.481 e. The molecule has 0 spiro atoms. The Hall–Kier alpha value is -1.99. The molecule has 2 rings (SSSR count). The van der Waals surface area contributed by atoms with Gasteiger partial charge in [0.05, 0.1) is 6.10 Å². The van der Waals surface area contributed by atoms with E-state index in [1.807, 2.05) is 0 Å². The number of aliphatic hydroxyl groups excluding tert-OH is 1. The Kier molecular flexibility index (Phi) is 5.65. The number of ether oxygens (including phenoxy) is 1. The van der Waals surface area contributed by atoms with Crippen molar-refractivity contribution in [1.29, 1.82) is 0 Å². The van der Waals surface area contributed by atoms with E-state index < -0.39 is 6.10 Å². The highest BCUT2D eigenvalue weighted by Crippen LogP contribution is 2.27. The molecule has 1 aliphatic carbocycles. The molecule has 0 unspecified atom stereocenters. The van der Waals surface area contributed by atoms with E-state index in [0.717, 1.165) is 12.8 Å². The highest BCUT2D eigenvalue weighted by atomic mass is 16.5. The first-order valence-corrected chi connectivity index (χ1v) is 7.33. The highest BCUT2D eigenvalue weighted by molar-refractivity contribution is 5.94. The van der Waals surface area contributed by atoms with Crippen LogP contribution in [0.5, 0.6) is 5.75 Å². The average molecular weight is 287 g/mol. The van der Waals surface area contributed by atoms with Gasteiger partial charge in [-0.15, -0.1) is 6.42 Å². The molecule has 1 aromatic carbocycles. The van der Waals surface area contributed by atoms with E-state index in [9.17, 15) is 9.90 Å². The van der Waals surface area contributed by atoms with Crippen molar-refractivity contribution in [2.45, 2.75) is 31.8 Å². The maximum atomic E-state index is 12.0. The van der Waals surface area contributed by atoms with E-state index in [0.29, 0.717) is 23.8 Å². The van der Waals surface area contributed by atoms with Crippen LogP contribution in [0.3, 0.4) is 0 Å². The van der Waals surface area contributed by atoms with Crippen LogP contribution in [0.15, 0.2) is 24.3 Å². The number of benzene rings is 1. The first-order chi connectivity index (χ1) is 10.2. The standard InChI is InChI=1S/C17H21NO3/c1-2-11-21-15-9-7-14(8-10-15)17(20)18-12-16(19)13-5-3-4-6-13/h1,7-10,13,16,19H,3-6,11-12H2,(H,18,20)/t16-/m0/s1. The van der Waals surface area contributed by atoms with Crippen molar-refractivity contribution in [2.24, 2.45) is 5.92 Å². The molecule has 1 aromatic rings. The molecular weight excluding hydrogens is 266 g/mol. The molecule has 4 nitrogen and oxygen atoms in total. The summed E-state index contributed by atoms with van der Waals surface area (Å²) >= 11 is 0. The van der Waals surface area contributed by atoms with Gasteiger partial charge in [-0.25, -0.2) is 0 Å². The lowest BCUT2D eigenvalue weighted by Gasteiger charge is -2.18. The highest BCUT2D eigenvalue weighted by Gasteiger charge is 2.23. The summed E-state index contributed by atoms with van der Waals surface area (Å²) in [5, 5.41) is 12.8. The number of hydrogen-bond acceptors (Lipinski definition) is 3. The van der Waals surface area contributed by atoms with Crippen LogP contribution in [-0.4, -0.2) is 30.3 Å². The Morgan fingerprint density at radius 2 is 2.05 bits per heavy atom. The minimum absolute atomic E-state index is 0.185. The van der Waals surface area contributed by atoms with Crippen molar-refractivity contribution >= 4 is 5.91 Å². The van der Waals surface area contributed by atoms with Gasteiger partial charge in [-0.1, -0.05) is 18.8 Å². The van der Waals surface area contributed by atoms with Crippen molar-refractivity contribution < 1.29 is 14.6 Å². The Morgan fingerprint density at radius 3 is 2.67 bits per heavy atom. The van der Waals surface area contributed by atoms with E-state index in [1.165, 1.54) is 12.8 Å². The Bertz CT molecular complexity index is 498. The van der Waals surface area contributed by atoms with Crippen LogP contribution in [0.25, 0.3) is 0 Å². The van der Waals surface area contributed by atoms with Gasteiger partial charge in [-0.3, -0.25) is 4.79 Å². The van der Waals surface area contributed by atoms with E-state index >= 15 is 0 Å². The summed E-state index contributed by atoms with van der Waals surface area (Å²) in [6.45, 7) is 0.512. The molecule has 112 valence electrons. The molecule has 0 heterocycles. The smallest absolute Gasteiger partial charge is 0.251 e. The molecule has 0 radical (unpaired) electrons. The number of carbonyl (C=O) groups is 1. The number of aliphatic hydroxyl groups is 1. The second kappa shape index (κ2) is 7.70. The van der Waals surface area contributed by atoms with Crippen molar-refractivity contribution in [3.63, 3.8) is 0 Å². The fourth-order valence-corrected chi connectivity index (χ4v) is 2.64. The van der Waals surface area contributed by atoms with E-state index in [1.54, 1.807) is 24.3 Å². The van der Waals surface area contributed by atoms with Gasteiger partial charge < -0.3 is 15.2 Å². The predicted molar refractivity (Wildman–Crippen MR) is 81.1 cm³/mol. The first-order valence-electron chi connectivity index (χ1n) is 7.33. The summed E-state index contributed by atoms with van der Waals surface area (Å²) in [6.07, 6.45) is 9.12. The lowest BCUT2D eigenvalue weighted by molar-refractivity contribution is 0.0840. The number of rotatable bonds is 6. The second-order valence-corrected chi connectivity index (χ2v) is 5.34. The quantitative estimate of drug-likeness (QED) is 0.787. The van der Waals surface area contributed by atoms with Crippen molar-refractivity contribution in [3.8, 4) is 18.1 Å². The third kappa shape index (κ3) is 4.51. The molecule has 0 aromatic heterocycles. The summed E-state index contributed by atoms with van der Waals surface area (Å²) in [7, 11) is 0. The lowest BCUT2D eigenvalue weighted by atomic mass is 10.0. The van der Waals surface area contributed by atoms with Gasteiger partial charge in [0.2, 0.25) is 0 Å². The van der Waals surface area contributed by atoms with Gasteiger partial charge in [0, 0.05) is 12.1 Å². The third-order valence-corrected chi connectivity index (χ3v) is 3.85.